The van der Waals surface area contributed by atoms with Gasteiger partial charge in [-0.1, -0.05) is 54.2 Å². The normalized spacial score (nSPS) is 14.6. The summed E-state index contributed by atoms with van der Waals surface area (Å²) in [5.74, 6) is 0.514. The molecule has 3 heterocycles. The van der Waals surface area contributed by atoms with Gasteiger partial charge in [-0.2, -0.15) is 4.98 Å². The molecule has 0 unspecified atom stereocenters. The fourth-order valence-electron chi connectivity index (χ4n) is 3.15. The average Bonchev–Trinajstić information content (AvgIpc) is 2.96. The third-order valence-corrected chi connectivity index (χ3v) is 5.52. The van der Waals surface area contributed by atoms with Crippen molar-refractivity contribution < 1.29 is 9.13 Å². The van der Waals surface area contributed by atoms with Crippen LogP contribution in [0.3, 0.4) is 0 Å². The van der Waals surface area contributed by atoms with Crippen LogP contribution in [-0.2, 0) is 5.75 Å². The number of ether oxygens (including phenoxy) is 1. The highest BCUT2D eigenvalue weighted by atomic mass is 32.2. The van der Waals surface area contributed by atoms with Crippen molar-refractivity contribution in [2.24, 2.45) is 0 Å². The molecule has 0 amide bonds. The number of anilines is 1. The molecule has 0 bridgehead atoms. The Labute approximate surface area is 176 Å². The Balaban J connectivity index is 1.49. The maximum Gasteiger partial charge on any atom is 0.247 e. The van der Waals surface area contributed by atoms with Crippen molar-refractivity contribution in [3.05, 3.63) is 90.0 Å². The number of para-hydroxylation sites is 1. The molecule has 0 saturated carbocycles. The van der Waals surface area contributed by atoms with Crippen molar-refractivity contribution in [2.45, 2.75) is 17.1 Å². The van der Waals surface area contributed by atoms with Gasteiger partial charge in [0.15, 0.2) is 11.9 Å². The van der Waals surface area contributed by atoms with Crippen molar-refractivity contribution in [1.82, 2.24) is 20.2 Å². The van der Waals surface area contributed by atoms with Crippen molar-refractivity contribution in [1.29, 1.82) is 0 Å². The summed E-state index contributed by atoms with van der Waals surface area (Å²) in [4.78, 5) is 8.76. The third-order valence-electron chi connectivity index (χ3n) is 4.64. The first-order valence-electron chi connectivity index (χ1n) is 9.31. The van der Waals surface area contributed by atoms with Crippen molar-refractivity contribution in [2.75, 3.05) is 5.32 Å². The van der Waals surface area contributed by atoms with Gasteiger partial charge in [0.05, 0.1) is 0 Å². The summed E-state index contributed by atoms with van der Waals surface area (Å²) in [5.41, 5.74) is 3.72. The van der Waals surface area contributed by atoms with E-state index in [1.54, 1.807) is 30.6 Å². The highest BCUT2D eigenvalue weighted by Crippen LogP contribution is 2.39. The molecule has 0 fully saturated rings. The topological polar surface area (TPSA) is 72.8 Å². The minimum absolute atomic E-state index is 0.251. The summed E-state index contributed by atoms with van der Waals surface area (Å²) < 4.78 is 20.1. The number of hydrogen-bond acceptors (Lipinski definition) is 7. The zero-order valence-electron chi connectivity index (χ0n) is 15.7. The third kappa shape index (κ3) is 3.69. The van der Waals surface area contributed by atoms with Crippen molar-refractivity contribution >= 4 is 17.4 Å². The first-order valence-corrected chi connectivity index (χ1v) is 10.3. The summed E-state index contributed by atoms with van der Waals surface area (Å²) in [5, 5.41) is 12.4. The minimum Gasteiger partial charge on any atom is -0.448 e. The number of aromatic nitrogens is 4. The number of thioether (sulfide) groups is 1. The van der Waals surface area contributed by atoms with Crippen molar-refractivity contribution in [3.8, 4) is 17.1 Å². The van der Waals surface area contributed by atoms with E-state index >= 15 is 0 Å². The van der Waals surface area contributed by atoms with Gasteiger partial charge >= 0.3 is 0 Å². The Bertz CT molecular complexity index is 1190. The van der Waals surface area contributed by atoms with Gasteiger partial charge in [0.1, 0.15) is 5.82 Å². The molecule has 2 aromatic carbocycles. The predicted molar refractivity (Wildman–Crippen MR) is 112 cm³/mol. The molecular weight excluding hydrogens is 401 g/mol. The van der Waals surface area contributed by atoms with Gasteiger partial charge in [-0.15, -0.1) is 10.2 Å². The molecule has 1 aliphatic heterocycles. The molecule has 1 aliphatic rings. The molecule has 4 aromatic rings. The van der Waals surface area contributed by atoms with Gasteiger partial charge < -0.3 is 10.1 Å². The monoisotopic (exact) mass is 417 g/mol. The van der Waals surface area contributed by atoms with Crippen LogP contribution in [0.4, 0.5) is 10.1 Å². The van der Waals surface area contributed by atoms with E-state index in [1.165, 1.54) is 17.8 Å². The fraction of sp³-hybridized carbons (Fsp3) is 0.0909. The van der Waals surface area contributed by atoms with Crippen LogP contribution in [-0.4, -0.2) is 20.2 Å². The second kappa shape index (κ2) is 8.08. The van der Waals surface area contributed by atoms with E-state index < -0.39 is 6.23 Å². The van der Waals surface area contributed by atoms with Crippen LogP contribution >= 0.6 is 11.8 Å². The van der Waals surface area contributed by atoms with Gasteiger partial charge in [-0.25, -0.2) is 4.39 Å². The van der Waals surface area contributed by atoms with Gasteiger partial charge in [0, 0.05) is 35.0 Å². The van der Waals surface area contributed by atoms with Crippen LogP contribution in [0.1, 0.15) is 17.4 Å². The molecule has 0 radical (unpaired) electrons. The molecule has 30 heavy (non-hydrogen) atoms. The first-order chi connectivity index (χ1) is 14.8. The Hall–Kier alpha value is -3.52. The molecule has 148 valence electrons. The van der Waals surface area contributed by atoms with E-state index in [4.69, 9.17) is 4.74 Å². The van der Waals surface area contributed by atoms with E-state index in [1.807, 2.05) is 36.4 Å². The second-order valence-electron chi connectivity index (χ2n) is 6.60. The van der Waals surface area contributed by atoms with Crippen molar-refractivity contribution in [3.63, 3.8) is 0 Å². The lowest BCUT2D eigenvalue weighted by Gasteiger charge is -2.18. The Kier molecular flexibility index (Phi) is 4.98. The van der Waals surface area contributed by atoms with E-state index in [9.17, 15) is 4.39 Å². The number of rotatable bonds is 4. The zero-order valence-corrected chi connectivity index (χ0v) is 16.5. The molecular formula is C22H16FN5OS. The number of pyridine rings is 1. The first kappa shape index (κ1) is 18.5. The molecule has 5 rings (SSSR count). The molecule has 2 aromatic heterocycles. The number of hydrogen-bond donors (Lipinski definition) is 1. The second-order valence-corrected chi connectivity index (χ2v) is 7.54. The van der Waals surface area contributed by atoms with Crippen LogP contribution in [0.5, 0.6) is 5.88 Å². The predicted octanol–water partition coefficient (Wildman–Crippen LogP) is 4.87. The molecule has 0 aliphatic carbocycles. The average molecular weight is 417 g/mol. The van der Waals surface area contributed by atoms with Gasteiger partial charge in [0.2, 0.25) is 11.0 Å². The SMILES string of the molecule is Fc1ccccc1CSc1nnc2c(n1)O[C@H](c1cccnc1)Nc1ccccc1-2. The van der Waals surface area contributed by atoms with E-state index in [0.29, 0.717) is 28.0 Å². The van der Waals surface area contributed by atoms with Crippen LogP contribution in [0.15, 0.2) is 78.2 Å². The molecule has 0 saturated heterocycles. The lowest BCUT2D eigenvalue weighted by atomic mass is 10.1. The van der Waals surface area contributed by atoms with Gasteiger partial charge in [0.25, 0.3) is 0 Å². The Morgan fingerprint density at radius 1 is 1.00 bits per heavy atom. The summed E-state index contributed by atoms with van der Waals surface area (Å²) in [6.07, 6.45) is 2.97. The lowest BCUT2D eigenvalue weighted by molar-refractivity contribution is 0.225. The maximum absolute atomic E-state index is 13.9. The largest absolute Gasteiger partial charge is 0.448 e. The standard InChI is InChI=1S/C22H16FN5OS/c23-17-9-3-1-6-15(17)13-30-22-26-21-19(27-28-22)16-8-2-4-10-18(16)25-20(29-21)14-7-5-11-24-12-14/h1-12,20,25H,13H2/t20-/m1/s1. The quantitative estimate of drug-likeness (QED) is 0.475. The highest BCUT2D eigenvalue weighted by Gasteiger charge is 2.26. The van der Waals surface area contributed by atoms with Crippen LogP contribution in [0.25, 0.3) is 11.3 Å². The van der Waals surface area contributed by atoms with Gasteiger partial charge in [-0.05, 0) is 23.8 Å². The van der Waals surface area contributed by atoms with Gasteiger partial charge in [-0.3, -0.25) is 4.98 Å². The minimum atomic E-state index is -0.484. The zero-order chi connectivity index (χ0) is 20.3. The van der Waals surface area contributed by atoms with E-state index in [-0.39, 0.29) is 5.82 Å². The van der Waals surface area contributed by atoms with E-state index in [0.717, 1.165) is 16.8 Å². The summed E-state index contributed by atoms with van der Waals surface area (Å²) >= 11 is 1.31. The number of fused-ring (bicyclic) bond motifs is 3. The highest BCUT2D eigenvalue weighted by molar-refractivity contribution is 7.98. The summed E-state index contributed by atoms with van der Waals surface area (Å²) in [6.45, 7) is 0. The van der Waals surface area contributed by atoms with Crippen LogP contribution in [0.2, 0.25) is 0 Å². The Morgan fingerprint density at radius 2 is 1.87 bits per heavy atom. The fourth-order valence-corrected chi connectivity index (χ4v) is 3.91. The number of benzene rings is 2. The summed E-state index contributed by atoms with van der Waals surface area (Å²) in [6, 6.07) is 18.2. The smallest absolute Gasteiger partial charge is 0.247 e. The molecule has 1 N–H and O–H groups in total. The number of nitrogens with zero attached hydrogens (tertiary/aromatic N) is 4. The summed E-state index contributed by atoms with van der Waals surface area (Å²) in [7, 11) is 0. The molecule has 8 heteroatoms. The molecule has 1 atom stereocenters. The maximum atomic E-state index is 13.9. The van der Waals surface area contributed by atoms with E-state index in [2.05, 4.69) is 25.5 Å². The Morgan fingerprint density at radius 3 is 2.73 bits per heavy atom. The molecule has 0 spiro atoms. The number of nitrogens with one attached hydrogen (secondary N) is 1. The van der Waals surface area contributed by atoms with Crippen LogP contribution in [0, 0.1) is 5.82 Å². The number of halogens is 1. The van der Waals surface area contributed by atoms with Crippen LogP contribution < -0.4 is 10.1 Å². The lowest BCUT2D eigenvalue weighted by Crippen LogP contribution is -2.17. The molecule has 6 nitrogen and oxygen atoms in total.